The number of methoxy groups -OCH3 is 1. The number of nitrogens with one attached hydrogen (secondary N) is 1. The number of benzene rings is 1. The molecule has 20 heavy (non-hydrogen) atoms. The smallest absolute Gasteiger partial charge is 0.121 e. The van der Waals surface area contributed by atoms with Gasteiger partial charge in [-0.05, 0) is 43.0 Å². The van der Waals surface area contributed by atoms with Crippen LogP contribution in [0.4, 0.5) is 5.69 Å². The van der Waals surface area contributed by atoms with Gasteiger partial charge in [-0.3, -0.25) is 0 Å². The third kappa shape index (κ3) is 3.09. The van der Waals surface area contributed by atoms with Gasteiger partial charge in [0, 0.05) is 30.9 Å². The summed E-state index contributed by atoms with van der Waals surface area (Å²) in [4.78, 5) is 2.56. The van der Waals surface area contributed by atoms with Crippen LogP contribution in [-0.4, -0.2) is 32.3 Å². The second kappa shape index (κ2) is 6.49. The standard InChI is InChI=1S/C17H28N2O/c1-6-14-10-18-16(12(2)3)11-19(14)15-7-8-17(20-5)13(4)9-15/h7-9,12,14,16,18H,6,10-11H2,1-5H3. The largest absolute Gasteiger partial charge is 0.496 e. The maximum absolute atomic E-state index is 5.37. The first-order chi connectivity index (χ1) is 9.56. The maximum atomic E-state index is 5.37. The Labute approximate surface area is 123 Å². The van der Waals surface area contributed by atoms with E-state index in [1.807, 2.05) is 0 Å². The normalized spacial score (nSPS) is 23.2. The number of anilines is 1. The van der Waals surface area contributed by atoms with Crippen molar-refractivity contribution in [3.63, 3.8) is 0 Å². The van der Waals surface area contributed by atoms with E-state index in [4.69, 9.17) is 4.74 Å². The molecule has 2 unspecified atom stereocenters. The minimum absolute atomic E-state index is 0.570. The lowest BCUT2D eigenvalue weighted by atomic mass is 9.97. The predicted molar refractivity (Wildman–Crippen MR) is 85.8 cm³/mol. The molecule has 0 amide bonds. The van der Waals surface area contributed by atoms with E-state index in [2.05, 4.69) is 56.1 Å². The average molecular weight is 276 g/mol. The summed E-state index contributed by atoms with van der Waals surface area (Å²) in [5, 5.41) is 3.69. The van der Waals surface area contributed by atoms with E-state index in [9.17, 15) is 0 Å². The van der Waals surface area contributed by atoms with E-state index in [0.717, 1.165) is 18.8 Å². The van der Waals surface area contributed by atoms with E-state index >= 15 is 0 Å². The first-order valence-electron chi connectivity index (χ1n) is 7.71. The molecule has 0 spiro atoms. The Kier molecular flexibility index (Phi) is 4.92. The number of rotatable bonds is 4. The molecule has 1 aliphatic heterocycles. The number of hydrogen-bond acceptors (Lipinski definition) is 3. The van der Waals surface area contributed by atoms with Crippen LogP contribution in [0.5, 0.6) is 5.75 Å². The van der Waals surface area contributed by atoms with Crippen molar-refractivity contribution in [3.05, 3.63) is 23.8 Å². The molecule has 2 rings (SSSR count). The minimum Gasteiger partial charge on any atom is -0.496 e. The summed E-state index contributed by atoms with van der Waals surface area (Å²) in [6.45, 7) is 11.1. The van der Waals surface area contributed by atoms with Crippen LogP contribution in [0.2, 0.25) is 0 Å². The van der Waals surface area contributed by atoms with E-state index in [1.54, 1.807) is 7.11 Å². The second-order valence-corrected chi connectivity index (χ2v) is 6.13. The van der Waals surface area contributed by atoms with Crippen LogP contribution in [0, 0.1) is 12.8 Å². The summed E-state index contributed by atoms with van der Waals surface area (Å²) in [7, 11) is 1.73. The zero-order valence-electron chi connectivity index (χ0n) is 13.4. The lowest BCUT2D eigenvalue weighted by Gasteiger charge is -2.43. The molecular formula is C17H28N2O. The van der Waals surface area contributed by atoms with Crippen LogP contribution in [0.1, 0.15) is 32.8 Å². The first kappa shape index (κ1) is 15.2. The van der Waals surface area contributed by atoms with Crippen molar-refractivity contribution in [2.75, 3.05) is 25.1 Å². The summed E-state index contributed by atoms with van der Waals surface area (Å²) in [5.41, 5.74) is 2.53. The highest BCUT2D eigenvalue weighted by Gasteiger charge is 2.28. The van der Waals surface area contributed by atoms with Crippen molar-refractivity contribution in [3.8, 4) is 5.75 Å². The topological polar surface area (TPSA) is 24.5 Å². The van der Waals surface area contributed by atoms with Crippen molar-refractivity contribution >= 4 is 5.69 Å². The highest BCUT2D eigenvalue weighted by atomic mass is 16.5. The molecule has 1 aromatic carbocycles. The van der Waals surface area contributed by atoms with Gasteiger partial charge in [0.1, 0.15) is 5.75 Å². The Balaban J connectivity index is 2.24. The van der Waals surface area contributed by atoms with Gasteiger partial charge >= 0.3 is 0 Å². The quantitative estimate of drug-likeness (QED) is 0.914. The van der Waals surface area contributed by atoms with E-state index in [0.29, 0.717) is 18.0 Å². The number of aryl methyl sites for hydroxylation is 1. The van der Waals surface area contributed by atoms with Gasteiger partial charge in [0.15, 0.2) is 0 Å². The molecule has 3 heteroatoms. The van der Waals surface area contributed by atoms with Gasteiger partial charge in [-0.1, -0.05) is 20.8 Å². The lowest BCUT2D eigenvalue weighted by molar-refractivity contribution is 0.325. The molecule has 3 nitrogen and oxygen atoms in total. The Morgan fingerprint density at radius 3 is 2.70 bits per heavy atom. The van der Waals surface area contributed by atoms with E-state index in [-0.39, 0.29) is 0 Å². The molecule has 1 aromatic rings. The summed E-state index contributed by atoms with van der Waals surface area (Å²) in [5.74, 6) is 1.63. The molecule has 112 valence electrons. The van der Waals surface area contributed by atoms with Gasteiger partial charge in [-0.15, -0.1) is 0 Å². The van der Waals surface area contributed by atoms with Gasteiger partial charge < -0.3 is 15.0 Å². The highest BCUT2D eigenvalue weighted by Crippen LogP contribution is 2.28. The van der Waals surface area contributed by atoms with Gasteiger partial charge in [0.2, 0.25) is 0 Å². The predicted octanol–water partition coefficient (Wildman–Crippen LogP) is 3.22. The zero-order chi connectivity index (χ0) is 14.7. The molecular weight excluding hydrogens is 248 g/mol. The average Bonchev–Trinajstić information content (AvgIpc) is 2.46. The Hall–Kier alpha value is -1.22. The second-order valence-electron chi connectivity index (χ2n) is 6.13. The highest BCUT2D eigenvalue weighted by molar-refractivity contribution is 5.54. The van der Waals surface area contributed by atoms with Crippen molar-refractivity contribution in [1.29, 1.82) is 0 Å². The molecule has 0 aliphatic carbocycles. The monoisotopic (exact) mass is 276 g/mol. The molecule has 0 aromatic heterocycles. The fourth-order valence-corrected chi connectivity index (χ4v) is 2.99. The Morgan fingerprint density at radius 2 is 2.15 bits per heavy atom. The van der Waals surface area contributed by atoms with Crippen molar-refractivity contribution in [1.82, 2.24) is 5.32 Å². The van der Waals surface area contributed by atoms with Crippen LogP contribution in [0.25, 0.3) is 0 Å². The SMILES string of the molecule is CCC1CNC(C(C)C)CN1c1ccc(OC)c(C)c1. The van der Waals surface area contributed by atoms with Crippen LogP contribution in [-0.2, 0) is 0 Å². The summed E-state index contributed by atoms with van der Waals surface area (Å²) < 4.78 is 5.37. The van der Waals surface area contributed by atoms with Gasteiger partial charge in [-0.2, -0.15) is 0 Å². The van der Waals surface area contributed by atoms with E-state index < -0.39 is 0 Å². The molecule has 2 atom stereocenters. The fraction of sp³-hybridized carbons (Fsp3) is 0.647. The maximum Gasteiger partial charge on any atom is 0.121 e. The molecule has 0 radical (unpaired) electrons. The van der Waals surface area contributed by atoms with Crippen molar-refractivity contribution in [2.24, 2.45) is 5.92 Å². The number of ether oxygens (including phenoxy) is 1. The van der Waals surface area contributed by atoms with Crippen molar-refractivity contribution in [2.45, 2.75) is 46.2 Å². The number of piperazine rings is 1. The molecule has 1 aliphatic rings. The van der Waals surface area contributed by atoms with Gasteiger partial charge in [0.05, 0.1) is 7.11 Å². The van der Waals surface area contributed by atoms with Gasteiger partial charge in [0.25, 0.3) is 0 Å². The minimum atomic E-state index is 0.570. The summed E-state index contributed by atoms with van der Waals surface area (Å²) in [6.07, 6.45) is 1.17. The first-order valence-corrected chi connectivity index (χ1v) is 7.71. The summed E-state index contributed by atoms with van der Waals surface area (Å²) >= 11 is 0. The van der Waals surface area contributed by atoms with Gasteiger partial charge in [-0.25, -0.2) is 0 Å². The molecule has 1 heterocycles. The van der Waals surface area contributed by atoms with Crippen LogP contribution >= 0.6 is 0 Å². The molecule has 0 saturated carbocycles. The molecule has 0 bridgehead atoms. The van der Waals surface area contributed by atoms with E-state index in [1.165, 1.54) is 17.7 Å². The Bertz CT molecular complexity index is 445. The molecule has 1 fully saturated rings. The fourth-order valence-electron chi connectivity index (χ4n) is 2.99. The molecule has 1 N–H and O–H groups in total. The molecule has 1 saturated heterocycles. The van der Waals surface area contributed by atoms with Crippen LogP contribution in [0.15, 0.2) is 18.2 Å². The van der Waals surface area contributed by atoms with Crippen LogP contribution in [0.3, 0.4) is 0 Å². The third-order valence-electron chi connectivity index (χ3n) is 4.44. The number of nitrogens with zero attached hydrogens (tertiary/aromatic N) is 1. The third-order valence-corrected chi connectivity index (χ3v) is 4.44. The lowest BCUT2D eigenvalue weighted by Crippen LogP contribution is -2.58. The number of hydrogen-bond donors (Lipinski definition) is 1. The Morgan fingerprint density at radius 1 is 1.40 bits per heavy atom. The zero-order valence-corrected chi connectivity index (χ0v) is 13.4. The van der Waals surface area contributed by atoms with Crippen LogP contribution < -0.4 is 15.0 Å². The summed E-state index contributed by atoms with van der Waals surface area (Å²) in [6, 6.07) is 7.68. The van der Waals surface area contributed by atoms with Crippen molar-refractivity contribution < 1.29 is 4.74 Å².